The minimum Gasteiger partial charge on any atom is -0.392 e. The summed E-state index contributed by atoms with van der Waals surface area (Å²) in [5.41, 5.74) is 1.60. The number of fused-ring (bicyclic) bond motifs is 5. The Hall–Kier alpha value is -0.630. The molecule has 164 valence electrons. The largest absolute Gasteiger partial charge is 0.392 e. The van der Waals surface area contributed by atoms with Crippen LogP contribution in [0.4, 0.5) is 0 Å². The number of carbonyl (C=O) groups excluding carboxylic acids is 1. The number of aliphatic hydroxyl groups is 1. The lowest BCUT2D eigenvalue weighted by molar-refractivity contribution is -0.128. The second kappa shape index (κ2) is 7.81. The highest BCUT2D eigenvalue weighted by atomic mass is 16.3. The molecule has 29 heavy (non-hydrogen) atoms. The number of aliphatic hydroxyl groups excluding tert-OH is 1. The van der Waals surface area contributed by atoms with Gasteiger partial charge in [0.25, 0.3) is 0 Å². The van der Waals surface area contributed by atoms with Gasteiger partial charge in [0.15, 0.2) is 5.78 Å². The molecule has 8 unspecified atom stereocenters. The van der Waals surface area contributed by atoms with Crippen LogP contribution in [0.25, 0.3) is 0 Å². The van der Waals surface area contributed by atoms with Crippen LogP contribution < -0.4 is 0 Å². The van der Waals surface area contributed by atoms with Crippen LogP contribution in [0.15, 0.2) is 11.6 Å². The van der Waals surface area contributed by atoms with Crippen molar-refractivity contribution < 1.29 is 9.90 Å². The van der Waals surface area contributed by atoms with Crippen LogP contribution in [0.2, 0.25) is 0 Å². The third-order valence-corrected chi connectivity index (χ3v) is 10.3. The van der Waals surface area contributed by atoms with Crippen molar-refractivity contribution in [2.45, 2.75) is 105 Å². The Morgan fingerprint density at radius 1 is 1.07 bits per heavy atom. The Morgan fingerprint density at radius 2 is 1.83 bits per heavy atom. The Kier molecular flexibility index (Phi) is 5.82. The lowest BCUT2D eigenvalue weighted by Crippen LogP contribution is -2.55. The maximum atomic E-state index is 12.1. The first-order valence-corrected chi connectivity index (χ1v) is 12.6. The van der Waals surface area contributed by atoms with E-state index in [1.807, 2.05) is 6.08 Å². The molecule has 8 atom stereocenters. The zero-order valence-corrected chi connectivity index (χ0v) is 19.5. The molecule has 4 rings (SSSR count). The molecule has 0 aromatic rings. The predicted molar refractivity (Wildman–Crippen MR) is 119 cm³/mol. The fourth-order valence-corrected chi connectivity index (χ4v) is 8.63. The zero-order valence-electron chi connectivity index (χ0n) is 19.5. The minimum absolute atomic E-state index is 0.139. The monoisotopic (exact) mass is 400 g/mol. The zero-order chi connectivity index (χ0) is 21.0. The summed E-state index contributed by atoms with van der Waals surface area (Å²) in [7, 11) is 0. The SMILES string of the molecule is CC(C)CCCC(C)C1CCC2C3CCC4=CC(=O)CC(O)C4(C)C3CCC12C. The van der Waals surface area contributed by atoms with Gasteiger partial charge in [-0.05, 0) is 85.5 Å². The van der Waals surface area contributed by atoms with Gasteiger partial charge in [0.05, 0.1) is 6.10 Å². The van der Waals surface area contributed by atoms with Gasteiger partial charge in [0, 0.05) is 11.8 Å². The third kappa shape index (κ3) is 3.46. The molecule has 0 bridgehead atoms. The van der Waals surface area contributed by atoms with Crippen LogP contribution >= 0.6 is 0 Å². The van der Waals surface area contributed by atoms with Crippen molar-refractivity contribution in [1.29, 1.82) is 0 Å². The van der Waals surface area contributed by atoms with E-state index in [9.17, 15) is 9.90 Å². The van der Waals surface area contributed by atoms with Crippen molar-refractivity contribution in [3.63, 3.8) is 0 Å². The van der Waals surface area contributed by atoms with Crippen LogP contribution in [0.1, 0.15) is 98.8 Å². The van der Waals surface area contributed by atoms with Gasteiger partial charge in [-0.25, -0.2) is 0 Å². The first-order valence-electron chi connectivity index (χ1n) is 12.6. The standard InChI is InChI=1S/C27H44O2/c1-17(2)7-6-8-18(3)22-11-12-23-21-10-9-19-15-20(28)16-25(29)27(19,5)24(21)13-14-26(22,23)4/h15,17-18,21-25,29H,6-14,16H2,1-5H3. The first kappa shape index (κ1) is 21.6. The number of rotatable bonds is 5. The molecule has 0 saturated heterocycles. The van der Waals surface area contributed by atoms with E-state index < -0.39 is 6.10 Å². The van der Waals surface area contributed by atoms with Gasteiger partial charge in [-0.3, -0.25) is 4.79 Å². The lowest BCUT2D eigenvalue weighted by atomic mass is 9.46. The average molecular weight is 401 g/mol. The normalized spacial score (nSPS) is 45.4. The van der Waals surface area contributed by atoms with Crippen LogP contribution in [0.3, 0.4) is 0 Å². The van der Waals surface area contributed by atoms with Gasteiger partial charge in [-0.1, -0.05) is 59.5 Å². The molecule has 0 spiro atoms. The molecular formula is C27H44O2. The minimum atomic E-state index is -0.473. The summed E-state index contributed by atoms with van der Waals surface area (Å²) in [4.78, 5) is 12.1. The highest BCUT2D eigenvalue weighted by molar-refractivity contribution is 5.92. The second-order valence-corrected chi connectivity index (χ2v) is 12.1. The first-order chi connectivity index (χ1) is 13.7. The number of hydrogen-bond acceptors (Lipinski definition) is 2. The van der Waals surface area contributed by atoms with E-state index in [0.29, 0.717) is 17.8 Å². The Bertz CT molecular complexity index is 663. The molecule has 0 heterocycles. The highest BCUT2D eigenvalue weighted by Gasteiger charge is 2.61. The van der Waals surface area contributed by atoms with E-state index in [-0.39, 0.29) is 11.2 Å². The summed E-state index contributed by atoms with van der Waals surface area (Å²) in [6.07, 6.45) is 13.5. The van der Waals surface area contributed by atoms with Gasteiger partial charge in [-0.2, -0.15) is 0 Å². The van der Waals surface area contributed by atoms with E-state index in [4.69, 9.17) is 0 Å². The van der Waals surface area contributed by atoms with Crippen molar-refractivity contribution in [3.8, 4) is 0 Å². The van der Waals surface area contributed by atoms with E-state index in [1.54, 1.807) is 0 Å². The second-order valence-electron chi connectivity index (χ2n) is 12.1. The van der Waals surface area contributed by atoms with E-state index in [2.05, 4.69) is 34.6 Å². The third-order valence-electron chi connectivity index (χ3n) is 10.3. The van der Waals surface area contributed by atoms with Crippen molar-refractivity contribution in [1.82, 2.24) is 0 Å². The van der Waals surface area contributed by atoms with E-state index in [0.717, 1.165) is 36.0 Å². The summed E-state index contributed by atoms with van der Waals surface area (Å²) in [5, 5.41) is 11.0. The van der Waals surface area contributed by atoms with Crippen molar-refractivity contribution >= 4 is 5.78 Å². The van der Waals surface area contributed by atoms with Gasteiger partial charge >= 0.3 is 0 Å². The maximum Gasteiger partial charge on any atom is 0.158 e. The molecule has 0 aliphatic heterocycles. The Balaban J connectivity index is 1.52. The molecule has 2 nitrogen and oxygen atoms in total. The molecular weight excluding hydrogens is 356 g/mol. The fraction of sp³-hybridized carbons (Fsp3) is 0.889. The van der Waals surface area contributed by atoms with Crippen LogP contribution in [0.5, 0.6) is 0 Å². The van der Waals surface area contributed by atoms with Gasteiger partial charge in [0.2, 0.25) is 0 Å². The molecule has 0 radical (unpaired) electrons. The Labute approximate surface area is 178 Å². The molecule has 4 aliphatic rings. The van der Waals surface area contributed by atoms with Crippen molar-refractivity contribution in [2.24, 2.45) is 46.3 Å². The van der Waals surface area contributed by atoms with Gasteiger partial charge in [-0.15, -0.1) is 0 Å². The van der Waals surface area contributed by atoms with Crippen LogP contribution in [-0.2, 0) is 4.79 Å². The Morgan fingerprint density at radius 3 is 2.55 bits per heavy atom. The maximum absolute atomic E-state index is 12.1. The number of carbonyl (C=O) groups is 1. The van der Waals surface area contributed by atoms with Gasteiger partial charge < -0.3 is 5.11 Å². The summed E-state index contributed by atoms with van der Waals surface area (Å²) in [5.74, 6) is 4.81. The molecule has 3 saturated carbocycles. The van der Waals surface area contributed by atoms with Gasteiger partial charge in [0.1, 0.15) is 0 Å². The van der Waals surface area contributed by atoms with E-state index in [1.165, 1.54) is 56.9 Å². The highest BCUT2D eigenvalue weighted by Crippen LogP contribution is 2.67. The quantitative estimate of drug-likeness (QED) is 0.567. The molecule has 0 aromatic carbocycles. The van der Waals surface area contributed by atoms with Crippen molar-refractivity contribution in [2.75, 3.05) is 0 Å². The van der Waals surface area contributed by atoms with E-state index >= 15 is 0 Å². The van der Waals surface area contributed by atoms with Crippen LogP contribution in [0, 0.1) is 46.3 Å². The molecule has 4 aliphatic carbocycles. The molecule has 1 N–H and O–H groups in total. The van der Waals surface area contributed by atoms with Crippen molar-refractivity contribution in [3.05, 3.63) is 11.6 Å². The topological polar surface area (TPSA) is 37.3 Å². The van der Waals surface area contributed by atoms with Crippen LogP contribution in [-0.4, -0.2) is 17.0 Å². The lowest BCUT2D eigenvalue weighted by Gasteiger charge is -2.59. The predicted octanol–water partition coefficient (Wildman–Crippen LogP) is 6.57. The molecule has 0 aromatic heterocycles. The number of hydrogen-bond donors (Lipinski definition) is 1. The fourth-order valence-electron chi connectivity index (χ4n) is 8.63. The summed E-state index contributed by atoms with van der Waals surface area (Å²) in [6, 6.07) is 0. The molecule has 3 fully saturated rings. The smallest absolute Gasteiger partial charge is 0.158 e. The number of ketones is 1. The summed E-state index contributed by atoms with van der Waals surface area (Å²) < 4.78 is 0. The molecule has 0 amide bonds. The summed E-state index contributed by atoms with van der Waals surface area (Å²) >= 11 is 0. The molecule has 2 heteroatoms. The average Bonchev–Trinajstić information content (AvgIpc) is 3.00. The summed E-state index contributed by atoms with van der Waals surface area (Å²) in [6.45, 7) is 12.1.